The van der Waals surface area contributed by atoms with Gasteiger partial charge in [0, 0.05) is 0 Å². The summed E-state index contributed by atoms with van der Waals surface area (Å²) in [6.45, 7) is 8.84. The topological polar surface area (TPSA) is 20.2 Å². The summed E-state index contributed by atoms with van der Waals surface area (Å²) in [5.74, 6) is 1.73. The van der Waals surface area contributed by atoms with Crippen molar-refractivity contribution in [3.05, 3.63) is 0 Å². The molecule has 11 heavy (non-hydrogen) atoms. The van der Waals surface area contributed by atoms with Gasteiger partial charge >= 0.3 is 0 Å². The van der Waals surface area contributed by atoms with Crippen molar-refractivity contribution >= 4 is 0 Å². The van der Waals surface area contributed by atoms with Crippen LogP contribution in [0.25, 0.3) is 0 Å². The minimum atomic E-state index is -0.289. The van der Waals surface area contributed by atoms with E-state index < -0.39 is 0 Å². The van der Waals surface area contributed by atoms with Crippen molar-refractivity contribution in [2.45, 2.75) is 46.1 Å². The van der Waals surface area contributed by atoms with Crippen LogP contribution in [0.3, 0.4) is 0 Å². The second-order valence-electron chi connectivity index (χ2n) is 4.62. The van der Waals surface area contributed by atoms with Gasteiger partial charge in [0.15, 0.2) is 0 Å². The largest absolute Gasteiger partial charge is 0.390 e. The molecule has 0 unspecified atom stereocenters. The van der Waals surface area contributed by atoms with Crippen molar-refractivity contribution < 1.29 is 5.11 Å². The molecule has 1 rings (SSSR count). The maximum absolute atomic E-state index is 9.93. The first-order valence-electron chi connectivity index (χ1n) is 4.70. The average Bonchev–Trinajstić information content (AvgIpc) is 2.44. The molecule has 1 saturated carbocycles. The van der Waals surface area contributed by atoms with Crippen LogP contribution in [0.1, 0.15) is 40.5 Å². The maximum Gasteiger partial charge on any atom is 0.0682 e. The zero-order valence-corrected chi connectivity index (χ0v) is 8.09. The number of hydrogen-bond donors (Lipinski definition) is 1. The molecule has 1 aliphatic rings. The Morgan fingerprint density at radius 1 is 1.00 bits per heavy atom. The predicted molar refractivity (Wildman–Crippen MR) is 47.3 cm³/mol. The van der Waals surface area contributed by atoms with Crippen LogP contribution in [0, 0.1) is 17.8 Å². The van der Waals surface area contributed by atoms with Gasteiger partial charge in [-0.15, -0.1) is 0 Å². The summed E-state index contributed by atoms with van der Waals surface area (Å²) in [7, 11) is 0. The minimum absolute atomic E-state index is 0.289. The number of aliphatic hydroxyl groups is 1. The molecule has 66 valence electrons. The van der Waals surface area contributed by atoms with Gasteiger partial charge in [0.25, 0.3) is 0 Å². The Hall–Kier alpha value is -0.0400. The zero-order valence-electron chi connectivity index (χ0n) is 8.09. The molecule has 0 atom stereocenters. The molecule has 0 bridgehead atoms. The molecule has 0 amide bonds. The lowest BCUT2D eigenvalue weighted by Gasteiger charge is -2.29. The van der Waals surface area contributed by atoms with E-state index in [0.29, 0.717) is 17.8 Å². The van der Waals surface area contributed by atoms with Gasteiger partial charge in [0.2, 0.25) is 0 Å². The van der Waals surface area contributed by atoms with Crippen LogP contribution >= 0.6 is 0 Å². The van der Waals surface area contributed by atoms with Crippen molar-refractivity contribution in [1.29, 1.82) is 0 Å². The minimum Gasteiger partial charge on any atom is -0.390 e. The Labute approximate surface area is 69.8 Å². The van der Waals surface area contributed by atoms with Crippen LogP contribution in [0.2, 0.25) is 0 Å². The summed E-state index contributed by atoms with van der Waals surface area (Å²) in [6, 6.07) is 0. The lowest BCUT2D eigenvalue weighted by molar-refractivity contribution is 0.0302. The molecule has 0 saturated heterocycles. The van der Waals surface area contributed by atoms with E-state index in [1.165, 1.54) is 0 Å². The highest BCUT2D eigenvalue weighted by Gasteiger charge is 2.49. The third kappa shape index (κ3) is 1.76. The molecule has 0 spiro atoms. The summed E-state index contributed by atoms with van der Waals surface area (Å²) in [5, 5.41) is 9.93. The van der Waals surface area contributed by atoms with Gasteiger partial charge in [-0.05, 0) is 30.6 Å². The normalized spacial score (nSPS) is 21.8. The quantitative estimate of drug-likeness (QED) is 0.665. The molecule has 0 aromatic heterocycles. The standard InChI is InChI=1S/C10H20O/c1-7(2)9(8(3)4)10(11)5-6-10/h7-9,11H,5-6H2,1-4H3. The first kappa shape index (κ1) is 9.05. The zero-order chi connectivity index (χ0) is 8.65. The van der Waals surface area contributed by atoms with Crippen LogP contribution in [0.5, 0.6) is 0 Å². The SMILES string of the molecule is CC(C)C(C(C)C)C1(O)CC1. The highest BCUT2D eigenvalue weighted by molar-refractivity contribution is 5.01. The Kier molecular flexibility index (Phi) is 2.29. The fraction of sp³-hybridized carbons (Fsp3) is 1.00. The van der Waals surface area contributed by atoms with E-state index in [9.17, 15) is 5.11 Å². The molecule has 0 aliphatic heterocycles. The van der Waals surface area contributed by atoms with Gasteiger partial charge in [-0.1, -0.05) is 27.7 Å². The van der Waals surface area contributed by atoms with Crippen molar-refractivity contribution in [2.24, 2.45) is 17.8 Å². The fourth-order valence-electron chi connectivity index (χ4n) is 2.47. The smallest absolute Gasteiger partial charge is 0.0682 e. The first-order valence-corrected chi connectivity index (χ1v) is 4.70. The number of rotatable bonds is 3. The number of hydrogen-bond acceptors (Lipinski definition) is 1. The van der Waals surface area contributed by atoms with E-state index >= 15 is 0 Å². The molecule has 0 aromatic carbocycles. The van der Waals surface area contributed by atoms with E-state index in [-0.39, 0.29) is 5.60 Å². The monoisotopic (exact) mass is 156 g/mol. The Balaban J connectivity index is 2.60. The summed E-state index contributed by atoms with van der Waals surface area (Å²) < 4.78 is 0. The predicted octanol–water partition coefficient (Wildman–Crippen LogP) is 2.44. The molecule has 0 radical (unpaired) electrons. The van der Waals surface area contributed by atoms with E-state index in [4.69, 9.17) is 0 Å². The van der Waals surface area contributed by atoms with Gasteiger partial charge in [0.05, 0.1) is 5.60 Å². The van der Waals surface area contributed by atoms with Gasteiger partial charge in [-0.2, -0.15) is 0 Å². The molecule has 0 heterocycles. The third-order valence-electron chi connectivity index (χ3n) is 2.82. The molecule has 0 aromatic rings. The van der Waals surface area contributed by atoms with E-state index in [0.717, 1.165) is 12.8 Å². The maximum atomic E-state index is 9.93. The van der Waals surface area contributed by atoms with Crippen molar-refractivity contribution in [1.82, 2.24) is 0 Å². The molecule has 1 heteroatoms. The Bertz CT molecular complexity index is 126. The van der Waals surface area contributed by atoms with Crippen LogP contribution < -0.4 is 0 Å². The highest BCUT2D eigenvalue weighted by Crippen LogP contribution is 2.48. The average molecular weight is 156 g/mol. The second-order valence-corrected chi connectivity index (χ2v) is 4.62. The fourth-order valence-corrected chi connectivity index (χ4v) is 2.47. The van der Waals surface area contributed by atoms with Gasteiger partial charge in [-0.25, -0.2) is 0 Å². The molecule has 1 nitrogen and oxygen atoms in total. The lowest BCUT2D eigenvalue weighted by Crippen LogP contribution is -2.31. The van der Waals surface area contributed by atoms with Gasteiger partial charge in [-0.3, -0.25) is 0 Å². The Morgan fingerprint density at radius 3 is 1.45 bits per heavy atom. The molecular formula is C10H20O. The van der Waals surface area contributed by atoms with Crippen LogP contribution in [0.4, 0.5) is 0 Å². The van der Waals surface area contributed by atoms with Crippen LogP contribution in [-0.4, -0.2) is 10.7 Å². The summed E-state index contributed by atoms with van der Waals surface area (Å²) in [5.41, 5.74) is -0.289. The molecule has 1 fully saturated rings. The van der Waals surface area contributed by atoms with Crippen molar-refractivity contribution in [3.8, 4) is 0 Å². The van der Waals surface area contributed by atoms with Crippen molar-refractivity contribution in [2.75, 3.05) is 0 Å². The van der Waals surface area contributed by atoms with Gasteiger partial charge < -0.3 is 5.11 Å². The molecule has 1 N–H and O–H groups in total. The van der Waals surface area contributed by atoms with Crippen LogP contribution in [0.15, 0.2) is 0 Å². The summed E-state index contributed by atoms with van der Waals surface area (Å²) in [6.07, 6.45) is 2.04. The van der Waals surface area contributed by atoms with Gasteiger partial charge in [0.1, 0.15) is 0 Å². The summed E-state index contributed by atoms with van der Waals surface area (Å²) in [4.78, 5) is 0. The first-order chi connectivity index (χ1) is 4.97. The highest BCUT2D eigenvalue weighted by atomic mass is 16.3. The van der Waals surface area contributed by atoms with E-state index in [1.807, 2.05) is 0 Å². The van der Waals surface area contributed by atoms with Crippen molar-refractivity contribution in [3.63, 3.8) is 0 Å². The van der Waals surface area contributed by atoms with E-state index in [1.54, 1.807) is 0 Å². The second kappa shape index (κ2) is 2.78. The lowest BCUT2D eigenvalue weighted by atomic mass is 9.79. The third-order valence-corrected chi connectivity index (χ3v) is 2.82. The van der Waals surface area contributed by atoms with Crippen LogP contribution in [-0.2, 0) is 0 Å². The molecular weight excluding hydrogens is 136 g/mol. The Morgan fingerprint density at radius 2 is 1.36 bits per heavy atom. The molecule has 1 aliphatic carbocycles. The van der Waals surface area contributed by atoms with E-state index in [2.05, 4.69) is 27.7 Å². The summed E-state index contributed by atoms with van der Waals surface area (Å²) >= 11 is 0.